The first-order valence-electron chi connectivity index (χ1n) is 5.89. The Kier molecular flexibility index (Phi) is 3.57. The van der Waals surface area contributed by atoms with Crippen LogP contribution in [0.25, 0.3) is 5.52 Å². The van der Waals surface area contributed by atoms with Crippen molar-refractivity contribution in [1.82, 2.24) is 9.38 Å². The van der Waals surface area contributed by atoms with Gasteiger partial charge < -0.3 is 9.14 Å². The molecule has 0 aliphatic rings. The Morgan fingerprint density at radius 1 is 1.56 bits per heavy atom. The number of pyridine rings is 1. The quantitative estimate of drug-likeness (QED) is 0.801. The van der Waals surface area contributed by atoms with Crippen molar-refractivity contribution in [2.45, 2.75) is 26.7 Å². The number of imidazole rings is 1. The van der Waals surface area contributed by atoms with Gasteiger partial charge in [0.15, 0.2) is 5.69 Å². The van der Waals surface area contributed by atoms with Gasteiger partial charge in [0.1, 0.15) is 5.82 Å². The average Bonchev–Trinajstić information content (AvgIpc) is 2.68. The highest BCUT2D eigenvalue weighted by atomic mass is 35.5. The molecule has 0 spiro atoms. The first-order chi connectivity index (χ1) is 8.54. The molecular formula is C13H15ClN2O2. The van der Waals surface area contributed by atoms with Crippen LogP contribution in [-0.4, -0.2) is 22.0 Å². The van der Waals surface area contributed by atoms with Gasteiger partial charge >= 0.3 is 5.97 Å². The van der Waals surface area contributed by atoms with Gasteiger partial charge in [-0.2, -0.15) is 0 Å². The van der Waals surface area contributed by atoms with Crippen LogP contribution in [0.2, 0.25) is 5.02 Å². The van der Waals surface area contributed by atoms with Crippen LogP contribution in [0, 0.1) is 0 Å². The molecule has 0 atom stereocenters. The molecule has 0 saturated heterocycles. The molecule has 2 aromatic rings. The van der Waals surface area contributed by atoms with E-state index in [-0.39, 0.29) is 5.92 Å². The predicted octanol–water partition coefficient (Wildman–Crippen LogP) is 3.29. The topological polar surface area (TPSA) is 43.6 Å². The number of ether oxygens (including phenoxy) is 1. The van der Waals surface area contributed by atoms with Gasteiger partial charge in [-0.3, -0.25) is 0 Å². The van der Waals surface area contributed by atoms with Crippen LogP contribution in [-0.2, 0) is 4.74 Å². The van der Waals surface area contributed by atoms with E-state index in [4.69, 9.17) is 16.3 Å². The van der Waals surface area contributed by atoms with Gasteiger partial charge in [-0.05, 0) is 19.1 Å². The van der Waals surface area contributed by atoms with Crippen molar-refractivity contribution in [1.29, 1.82) is 0 Å². The molecule has 0 aliphatic carbocycles. The molecule has 0 radical (unpaired) electrons. The van der Waals surface area contributed by atoms with Gasteiger partial charge in [0, 0.05) is 17.1 Å². The summed E-state index contributed by atoms with van der Waals surface area (Å²) in [6.45, 7) is 6.15. The van der Waals surface area contributed by atoms with Crippen LogP contribution in [0.5, 0.6) is 0 Å². The zero-order valence-corrected chi connectivity index (χ0v) is 11.4. The van der Waals surface area contributed by atoms with E-state index in [1.807, 2.05) is 24.4 Å². The minimum atomic E-state index is -0.413. The number of carbonyl (C=O) groups excluding carboxylic acids is 1. The number of halogens is 1. The predicted molar refractivity (Wildman–Crippen MR) is 70.2 cm³/mol. The molecular weight excluding hydrogens is 252 g/mol. The lowest BCUT2D eigenvalue weighted by Crippen LogP contribution is -2.05. The monoisotopic (exact) mass is 266 g/mol. The van der Waals surface area contributed by atoms with Gasteiger partial charge in [0.25, 0.3) is 0 Å². The third-order valence-corrected chi connectivity index (χ3v) is 2.85. The normalized spacial score (nSPS) is 11.2. The summed E-state index contributed by atoms with van der Waals surface area (Å²) in [5.74, 6) is 0.621. The Morgan fingerprint density at radius 2 is 2.28 bits per heavy atom. The molecule has 0 aliphatic heterocycles. The number of nitrogens with zero attached hydrogens (tertiary/aromatic N) is 2. The average molecular weight is 267 g/mol. The number of esters is 1. The van der Waals surface area contributed by atoms with E-state index in [0.717, 1.165) is 5.82 Å². The van der Waals surface area contributed by atoms with E-state index >= 15 is 0 Å². The lowest BCUT2D eigenvalue weighted by Gasteiger charge is -2.03. The lowest BCUT2D eigenvalue weighted by atomic mass is 10.2. The zero-order valence-electron chi connectivity index (χ0n) is 10.6. The van der Waals surface area contributed by atoms with Crippen molar-refractivity contribution < 1.29 is 9.53 Å². The van der Waals surface area contributed by atoms with Crippen molar-refractivity contribution >= 4 is 23.1 Å². The summed E-state index contributed by atoms with van der Waals surface area (Å²) in [5.41, 5.74) is 1.01. The van der Waals surface area contributed by atoms with Crippen LogP contribution in [0.4, 0.5) is 0 Å². The second-order valence-corrected chi connectivity index (χ2v) is 4.73. The zero-order chi connectivity index (χ0) is 13.3. The summed E-state index contributed by atoms with van der Waals surface area (Å²) in [5, 5.41) is 0.572. The summed E-state index contributed by atoms with van der Waals surface area (Å²) in [6, 6.07) is 3.50. The summed E-state index contributed by atoms with van der Waals surface area (Å²) in [6.07, 6.45) is 1.82. The second kappa shape index (κ2) is 4.98. The first-order valence-corrected chi connectivity index (χ1v) is 6.27. The summed E-state index contributed by atoms with van der Waals surface area (Å²) < 4.78 is 6.89. The molecule has 5 heteroatoms. The molecule has 0 bridgehead atoms. The largest absolute Gasteiger partial charge is 0.461 e. The minimum Gasteiger partial charge on any atom is -0.461 e. The van der Waals surface area contributed by atoms with Gasteiger partial charge in [-0.25, -0.2) is 9.78 Å². The molecule has 2 aromatic heterocycles. The summed E-state index contributed by atoms with van der Waals surface area (Å²) in [4.78, 5) is 16.2. The lowest BCUT2D eigenvalue weighted by molar-refractivity contribution is 0.0522. The minimum absolute atomic E-state index is 0.210. The number of hydrogen-bond acceptors (Lipinski definition) is 3. The van der Waals surface area contributed by atoms with Crippen molar-refractivity contribution in [2.75, 3.05) is 6.61 Å². The molecule has 2 rings (SSSR count). The van der Waals surface area contributed by atoms with E-state index in [1.54, 1.807) is 19.1 Å². The van der Waals surface area contributed by atoms with Crippen LogP contribution >= 0.6 is 11.6 Å². The molecule has 0 aromatic carbocycles. The highest BCUT2D eigenvalue weighted by Gasteiger charge is 2.20. The smallest absolute Gasteiger partial charge is 0.359 e. The maximum absolute atomic E-state index is 11.9. The maximum atomic E-state index is 11.9. The van der Waals surface area contributed by atoms with E-state index in [2.05, 4.69) is 4.98 Å². The Labute approximate surface area is 111 Å². The van der Waals surface area contributed by atoms with Crippen molar-refractivity contribution in [3.8, 4) is 0 Å². The van der Waals surface area contributed by atoms with Crippen molar-refractivity contribution in [3.05, 3.63) is 34.9 Å². The van der Waals surface area contributed by atoms with E-state index in [9.17, 15) is 4.79 Å². The fraction of sp³-hybridized carbons (Fsp3) is 0.385. The maximum Gasteiger partial charge on any atom is 0.359 e. The SMILES string of the molecule is CCOC(=O)c1nc(C(C)C)n2ccc(Cl)cc12. The Bertz CT molecular complexity index is 590. The first kappa shape index (κ1) is 12.9. The van der Waals surface area contributed by atoms with Gasteiger partial charge in [-0.15, -0.1) is 0 Å². The fourth-order valence-electron chi connectivity index (χ4n) is 1.84. The summed E-state index contributed by atoms with van der Waals surface area (Å²) in [7, 11) is 0. The van der Waals surface area contributed by atoms with E-state index in [0.29, 0.717) is 22.8 Å². The molecule has 0 fully saturated rings. The van der Waals surface area contributed by atoms with E-state index in [1.165, 1.54) is 0 Å². The molecule has 18 heavy (non-hydrogen) atoms. The molecule has 96 valence electrons. The number of aromatic nitrogens is 2. The highest BCUT2D eigenvalue weighted by molar-refractivity contribution is 6.31. The van der Waals surface area contributed by atoms with Crippen molar-refractivity contribution in [2.24, 2.45) is 0 Å². The molecule has 4 nitrogen and oxygen atoms in total. The molecule has 0 saturated carbocycles. The van der Waals surface area contributed by atoms with Gasteiger partial charge in [0.2, 0.25) is 0 Å². The molecule has 2 heterocycles. The van der Waals surface area contributed by atoms with Gasteiger partial charge in [-0.1, -0.05) is 25.4 Å². The molecule has 0 amide bonds. The van der Waals surface area contributed by atoms with Crippen LogP contribution in [0.15, 0.2) is 18.3 Å². The number of carbonyl (C=O) groups is 1. The van der Waals surface area contributed by atoms with Crippen LogP contribution in [0.1, 0.15) is 43.0 Å². The molecule has 0 N–H and O–H groups in total. The Hall–Kier alpha value is -1.55. The Morgan fingerprint density at radius 3 is 2.89 bits per heavy atom. The van der Waals surface area contributed by atoms with Crippen LogP contribution < -0.4 is 0 Å². The van der Waals surface area contributed by atoms with Crippen molar-refractivity contribution in [3.63, 3.8) is 0 Å². The third-order valence-electron chi connectivity index (χ3n) is 2.62. The Balaban J connectivity index is 2.65. The third kappa shape index (κ3) is 2.20. The molecule has 0 unspecified atom stereocenters. The van der Waals surface area contributed by atoms with E-state index < -0.39 is 5.97 Å². The number of hydrogen-bond donors (Lipinski definition) is 0. The van der Waals surface area contributed by atoms with Crippen LogP contribution in [0.3, 0.4) is 0 Å². The van der Waals surface area contributed by atoms with Gasteiger partial charge in [0.05, 0.1) is 12.1 Å². The second-order valence-electron chi connectivity index (χ2n) is 4.29. The standard InChI is InChI=1S/C13H15ClN2O2/c1-4-18-13(17)11-10-7-9(14)5-6-16(10)12(15-11)8(2)3/h5-8H,4H2,1-3H3. The fourth-order valence-corrected chi connectivity index (χ4v) is 2.00. The number of fused-ring (bicyclic) bond motifs is 1. The number of rotatable bonds is 3. The summed E-state index contributed by atoms with van der Waals surface area (Å²) >= 11 is 5.97. The highest BCUT2D eigenvalue weighted by Crippen LogP contribution is 2.22.